The highest BCUT2D eigenvalue weighted by Crippen LogP contribution is 2.20. The highest BCUT2D eigenvalue weighted by molar-refractivity contribution is 5.94. The molecule has 0 spiro atoms. The van der Waals surface area contributed by atoms with Gasteiger partial charge in [-0.05, 0) is 43.2 Å². The van der Waals surface area contributed by atoms with E-state index in [4.69, 9.17) is 9.47 Å². The Bertz CT molecular complexity index is 507. The number of ether oxygens (including phenoxy) is 2. The molecule has 0 saturated carbocycles. The number of anilines is 2. The summed E-state index contributed by atoms with van der Waals surface area (Å²) < 4.78 is 10.7. The highest BCUT2D eigenvalue weighted by atomic mass is 16.5. The van der Waals surface area contributed by atoms with Gasteiger partial charge >= 0.3 is 0 Å². The SMILES string of the molecule is O=C(Nc1ccc(N2CCOCC2)cc1)C1CCC=CO1. The van der Waals surface area contributed by atoms with Crippen LogP contribution < -0.4 is 10.2 Å². The molecule has 2 heterocycles. The first-order valence-corrected chi connectivity index (χ1v) is 7.37. The Hall–Kier alpha value is -2.01. The van der Waals surface area contributed by atoms with Gasteiger partial charge in [-0.3, -0.25) is 4.79 Å². The lowest BCUT2D eigenvalue weighted by Gasteiger charge is -2.29. The van der Waals surface area contributed by atoms with Gasteiger partial charge < -0.3 is 19.7 Å². The van der Waals surface area contributed by atoms with E-state index in [0.29, 0.717) is 0 Å². The van der Waals surface area contributed by atoms with Gasteiger partial charge in [0.25, 0.3) is 5.91 Å². The average molecular weight is 288 g/mol. The summed E-state index contributed by atoms with van der Waals surface area (Å²) in [5, 5.41) is 2.90. The van der Waals surface area contributed by atoms with Crippen LogP contribution in [0, 0.1) is 0 Å². The van der Waals surface area contributed by atoms with Crippen LogP contribution in [0.1, 0.15) is 12.8 Å². The molecular weight excluding hydrogens is 268 g/mol. The highest BCUT2D eigenvalue weighted by Gasteiger charge is 2.20. The van der Waals surface area contributed by atoms with Crippen LogP contribution in [0.3, 0.4) is 0 Å². The van der Waals surface area contributed by atoms with E-state index in [1.54, 1.807) is 6.26 Å². The fourth-order valence-corrected chi connectivity index (χ4v) is 2.53. The molecule has 0 radical (unpaired) electrons. The van der Waals surface area contributed by atoms with E-state index in [9.17, 15) is 4.79 Å². The first-order chi connectivity index (χ1) is 10.3. The third-order valence-electron chi connectivity index (χ3n) is 3.74. The first-order valence-electron chi connectivity index (χ1n) is 7.37. The Balaban J connectivity index is 1.58. The quantitative estimate of drug-likeness (QED) is 0.926. The Kier molecular flexibility index (Phi) is 4.40. The van der Waals surface area contributed by atoms with Crippen molar-refractivity contribution in [2.75, 3.05) is 36.5 Å². The van der Waals surface area contributed by atoms with E-state index in [1.165, 1.54) is 0 Å². The number of allylic oxidation sites excluding steroid dienone is 1. The summed E-state index contributed by atoms with van der Waals surface area (Å²) in [6.45, 7) is 3.36. The molecule has 1 saturated heterocycles. The van der Waals surface area contributed by atoms with Gasteiger partial charge in [-0.2, -0.15) is 0 Å². The van der Waals surface area contributed by atoms with Crippen molar-refractivity contribution in [1.82, 2.24) is 0 Å². The number of morpholine rings is 1. The number of hydrogen-bond acceptors (Lipinski definition) is 4. The maximum absolute atomic E-state index is 12.1. The van der Waals surface area contributed by atoms with E-state index in [0.717, 1.165) is 50.5 Å². The zero-order valence-electron chi connectivity index (χ0n) is 12.0. The van der Waals surface area contributed by atoms with Gasteiger partial charge in [-0.15, -0.1) is 0 Å². The monoisotopic (exact) mass is 288 g/mol. The Labute approximate surface area is 124 Å². The van der Waals surface area contributed by atoms with E-state index in [2.05, 4.69) is 10.2 Å². The molecule has 1 atom stereocenters. The summed E-state index contributed by atoms with van der Waals surface area (Å²) in [5.41, 5.74) is 1.96. The smallest absolute Gasteiger partial charge is 0.265 e. The van der Waals surface area contributed by atoms with Crippen molar-refractivity contribution in [2.24, 2.45) is 0 Å². The molecule has 0 aliphatic carbocycles. The van der Waals surface area contributed by atoms with Gasteiger partial charge in [0.2, 0.25) is 0 Å². The lowest BCUT2D eigenvalue weighted by atomic mass is 10.1. The summed E-state index contributed by atoms with van der Waals surface area (Å²) in [7, 11) is 0. The van der Waals surface area contributed by atoms with Crippen molar-refractivity contribution in [1.29, 1.82) is 0 Å². The average Bonchev–Trinajstić information content (AvgIpc) is 2.57. The summed E-state index contributed by atoms with van der Waals surface area (Å²) in [6, 6.07) is 7.92. The fourth-order valence-electron chi connectivity index (χ4n) is 2.53. The summed E-state index contributed by atoms with van der Waals surface area (Å²) in [5.74, 6) is -0.0847. The molecule has 2 aliphatic heterocycles. The van der Waals surface area contributed by atoms with Crippen LogP contribution in [-0.2, 0) is 14.3 Å². The fraction of sp³-hybridized carbons (Fsp3) is 0.438. The topological polar surface area (TPSA) is 50.8 Å². The molecule has 5 heteroatoms. The van der Waals surface area contributed by atoms with Gasteiger partial charge in [-0.25, -0.2) is 0 Å². The van der Waals surface area contributed by atoms with Gasteiger partial charge in [0.1, 0.15) is 0 Å². The second-order valence-corrected chi connectivity index (χ2v) is 5.21. The first kappa shape index (κ1) is 13.9. The zero-order chi connectivity index (χ0) is 14.5. The third-order valence-corrected chi connectivity index (χ3v) is 3.74. The second-order valence-electron chi connectivity index (χ2n) is 5.21. The minimum Gasteiger partial charge on any atom is -0.489 e. The molecule has 1 N–H and O–H groups in total. The third kappa shape index (κ3) is 3.55. The Morgan fingerprint density at radius 2 is 1.95 bits per heavy atom. The predicted octanol–water partition coefficient (Wildman–Crippen LogP) is 2.15. The number of carbonyl (C=O) groups is 1. The van der Waals surface area contributed by atoms with E-state index in [-0.39, 0.29) is 12.0 Å². The van der Waals surface area contributed by atoms with E-state index >= 15 is 0 Å². The number of hydrogen-bond donors (Lipinski definition) is 1. The number of rotatable bonds is 3. The van der Waals surface area contributed by atoms with Crippen molar-refractivity contribution in [3.63, 3.8) is 0 Å². The van der Waals surface area contributed by atoms with Crippen LogP contribution in [0.5, 0.6) is 0 Å². The molecule has 1 fully saturated rings. The van der Waals surface area contributed by atoms with Crippen molar-refractivity contribution in [3.8, 4) is 0 Å². The van der Waals surface area contributed by atoms with Crippen LogP contribution in [-0.4, -0.2) is 38.3 Å². The molecule has 2 aliphatic rings. The van der Waals surface area contributed by atoms with Gasteiger partial charge in [-0.1, -0.05) is 0 Å². The van der Waals surface area contributed by atoms with Crippen molar-refractivity contribution in [3.05, 3.63) is 36.6 Å². The van der Waals surface area contributed by atoms with Crippen molar-refractivity contribution >= 4 is 17.3 Å². The van der Waals surface area contributed by atoms with Crippen molar-refractivity contribution in [2.45, 2.75) is 18.9 Å². The van der Waals surface area contributed by atoms with Crippen molar-refractivity contribution < 1.29 is 14.3 Å². The lowest BCUT2D eigenvalue weighted by Crippen LogP contribution is -2.36. The predicted molar refractivity (Wildman–Crippen MR) is 81.4 cm³/mol. The number of benzene rings is 1. The number of nitrogens with zero attached hydrogens (tertiary/aromatic N) is 1. The Morgan fingerprint density at radius 3 is 2.62 bits per heavy atom. The van der Waals surface area contributed by atoms with Crippen LogP contribution in [0.4, 0.5) is 11.4 Å². The molecule has 21 heavy (non-hydrogen) atoms. The standard InChI is InChI=1S/C16H20N2O3/c19-16(15-3-1-2-10-21-15)17-13-4-6-14(7-5-13)18-8-11-20-12-9-18/h2,4-7,10,15H,1,3,8-9,11-12H2,(H,17,19). The molecular formula is C16H20N2O3. The molecule has 0 bridgehead atoms. The number of nitrogens with one attached hydrogen (secondary N) is 1. The van der Waals surface area contributed by atoms with Crippen LogP contribution in [0.15, 0.2) is 36.6 Å². The van der Waals surface area contributed by atoms with Crippen LogP contribution >= 0.6 is 0 Å². The second kappa shape index (κ2) is 6.63. The van der Waals surface area contributed by atoms with E-state index in [1.807, 2.05) is 30.3 Å². The Morgan fingerprint density at radius 1 is 1.19 bits per heavy atom. The maximum Gasteiger partial charge on any atom is 0.265 e. The normalized spacial score (nSPS) is 21.7. The molecule has 1 aromatic carbocycles. The summed E-state index contributed by atoms with van der Waals surface area (Å²) in [6.07, 6.45) is 4.77. The summed E-state index contributed by atoms with van der Waals surface area (Å²) in [4.78, 5) is 14.3. The minimum absolute atomic E-state index is 0.0847. The molecule has 0 aromatic heterocycles. The molecule has 3 rings (SSSR count). The number of carbonyl (C=O) groups excluding carboxylic acids is 1. The molecule has 1 amide bonds. The lowest BCUT2D eigenvalue weighted by molar-refractivity contribution is -0.125. The van der Waals surface area contributed by atoms with Gasteiger partial charge in [0.05, 0.1) is 19.5 Å². The van der Waals surface area contributed by atoms with Gasteiger partial charge in [0.15, 0.2) is 6.10 Å². The molecule has 5 nitrogen and oxygen atoms in total. The van der Waals surface area contributed by atoms with E-state index < -0.39 is 0 Å². The van der Waals surface area contributed by atoms with Crippen LogP contribution in [0.25, 0.3) is 0 Å². The largest absolute Gasteiger partial charge is 0.489 e. The maximum atomic E-state index is 12.1. The van der Waals surface area contributed by atoms with Crippen LogP contribution in [0.2, 0.25) is 0 Å². The van der Waals surface area contributed by atoms with Gasteiger partial charge in [0, 0.05) is 24.5 Å². The molecule has 112 valence electrons. The molecule has 1 aromatic rings. The summed E-state index contributed by atoms with van der Waals surface area (Å²) >= 11 is 0. The zero-order valence-corrected chi connectivity index (χ0v) is 12.0. The molecule has 1 unspecified atom stereocenters. The minimum atomic E-state index is -0.381. The number of amides is 1.